The lowest BCUT2D eigenvalue weighted by Gasteiger charge is -2.05. The van der Waals surface area contributed by atoms with E-state index in [4.69, 9.17) is 0 Å². The fraction of sp³-hybridized carbons (Fsp3) is 0.625. The van der Waals surface area contributed by atoms with Gasteiger partial charge in [0.2, 0.25) is 0 Å². The second kappa shape index (κ2) is 2.91. The second-order valence-corrected chi connectivity index (χ2v) is 2.62. The predicted molar refractivity (Wildman–Crippen MR) is 38.6 cm³/mol. The van der Waals surface area contributed by atoms with Gasteiger partial charge in [-0.05, 0) is 26.7 Å². The number of hydrogen-bond donors (Lipinski definition) is 0. The summed E-state index contributed by atoms with van der Waals surface area (Å²) in [5.74, 6) is 1.42. The average Bonchev–Trinajstić information content (AvgIpc) is 1.64. The lowest BCUT2D eigenvalue weighted by atomic mass is 10.0. The number of allylic oxidation sites excluding steroid dienone is 2. The Morgan fingerprint density at radius 3 is 1.12 bits per heavy atom. The molecule has 0 fully saturated rings. The van der Waals surface area contributed by atoms with Gasteiger partial charge in [-0.3, -0.25) is 0 Å². The van der Waals surface area contributed by atoms with Gasteiger partial charge in [0.25, 0.3) is 0 Å². The van der Waals surface area contributed by atoms with E-state index in [9.17, 15) is 0 Å². The molecule has 0 bridgehead atoms. The summed E-state index contributed by atoms with van der Waals surface area (Å²) in [6, 6.07) is 0. The van der Waals surface area contributed by atoms with Crippen molar-refractivity contribution >= 4 is 0 Å². The molecular weight excluding hydrogens is 96.1 g/mol. The molecule has 0 amide bonds. The van der Waals surface area contributed by atoms with Crippen LogP contribution < -0.4 is 0 Å². The molecule has 0 spiro atoms. The Kier molecular flexibility index (Phi) is 2.81. The lowest BCUT2D eigenvalue weighted by Crippen LogP contribution is -1.87. The van der Waals surface area contributed by atoms with Crippen molar-refractivity contribution in [3.8, 4) is 0 Å². The van der Waals surface area contributed by atoms with E-state index in [-0.39, 0.29) is 0 Å². The van der Waals surface area contributed by atoms with Crippen molar-refractivity contribution in [3.05, 3.63) is 17.1 Å². The van der Waals surface area contributed by atoms with Crippen LogP contribution in [0.15, 0.2) is 11.1 Å². The van der Waals surface area contributed by atoms with Crippen LogP contribution in [0, 0.1) is 5.92 Å². The molecule has 1 radical (unpaired) electrons. The molecule has 8 heavy (non-hydrogen) atoms. The minimum Gasteiger partial charge on any atom is -0.0769 e. The molecule has 0 unspecified atom stereocenters. The van der Waals surface area contributed by atoms with Crippen molar-refractivity contribution in [1.82, 2.24) is 0 Å². The molecule has 0 atom stereocenters. The first kappa shape index (κ1) is 7.74. The predicted octanol–water partition coefficient (Wildman–Crippen LogP) is 2.96. The Labute approximate surface area is 52.6 Å². The first-order valence-electron chi connectivity index (χ1n) is 3.00. The zero-order valence-electron chi connectivity index (χ0n) is 6.50. The van der Waals surface area contributed by atoms with Crippen LogP contribution in [0.3, 0.4) is 0 Å². The third-order valence-electron chi connectivity index (χ3n) is 1.50. The maximum atomic E-state index is 2.16. The maximum Gasteiger partial charge on any atom is -0.00567 e. The molecule has 0 aromatic carbocycles. The van der Waals surface area contributed by atoms with E-state index < -0.39 is 0 Å². The summed E-state index contributed by atoms with van der Waals surface area (Å²) in [5.41, 5.74) is 2.86. The van der Waals surface area contributed by atoms with Gasteiger partial charge in [-0.1, -0.05) is 25.0 Å². The highest BCUT2D eigenvalue weighted by Crippen LogP contribution is 2.14. The summed E-state index contributed by atoms with van der Waals surface area (Å²) < 4.78 is 0. The molecule has 0 heteroatoms. The maximum absolute atomic E-state index is 2.16. The zero-order chi connectivity index (χ0) is 6.73. The summed E-state index contributed by atoms with van der Waals surface area (Å²) in [4.78, 5) is 0. The molecule has 0 heterocycles. The van der Waals surface area contributed by atoms with E-state index in [1.54, 1.807) is 0 Å². The number of rotatable bonds is 1. The smallest absolute Gasteiger partial charge is 0.00567 e. The van der Waals surface area contributed by atoms with Crippen molar-refractivity contribution in [2.24, 2.45) is 0 Å². The normalized spacial score (nSPS) is 9.75. The largest absolute Gasteiger partial charge is 0.0769 e. The van der Waals surface area contributed by atoms with Gasteiger partial charge in [-0.25, -0.2) is 0 Å². The standard InChI is InChI=1S/C8H15/c1-6(2)8(5)7(3)4/h1-5H3. The molecule has 0 aliphatic carbocycles. The topological polar surface area (TPSA) is 0 Å². The van der Waals surface area contributed by atoms with Crippen molar-refractivity contribution < 1.29 is 0 Å². The molecule has 0 aliphatic rings. The van der Waals surface area contributed by atoms with Gasteiger partial charge in [0, 0.05) is 0 Å². The van der Waals surface area contributed by atoms with Crippen molar-refractivity contribution in [2.45, 2.75) is 34.6 Å². The molecule has 0 aliphatic heterocycles. The Bertz CT molecular complexity index is 92.6. The molecular formula is C8H15. The first-order chi connectivity index (χ1) is 3.55. The fourth-order valence-electron chi connectivity index (χ4n) is 0.500. The molecule has 0 nitrogen and oxygen atoms in total. The van der Waals surface area contributed by atoms with Gasteiger partial charge in [0.15, 0.2) is 0 Å². The van der Waals surface area contributed by atoms with Crippen LogP contribution in [-0.2, 0) is 0 Å². The summed E-state index contributed by atoms with van der Waals surface area (Å²) in [6.07, 6.45) is 0. The monoisotopic (exact) mass is 111 g/mol. The SMILES string of the molecule is C[C](C)C(C)=C(C)C. The first-order valence-corrected chi connectivity index (χ1v) is 3.00. The van der Waals surface area contributed by atoms with E-state index in [0.717, 1.165) is 0 Å². The summed E-state index contributed by atoms with van der Waals surface area (Å²) in [7, 11) is 0. The van der Waals surface area contributed by atoms with Crippen LogP contribution in [-0.4, -0.2) is 0 Å². The fourth-order valence-corrected chi connectivity index (χ4v) is 0.500. The van der Waals surface area contributed by atoms with E-state index in [1.807, 2.05) is 0 Å². The average molecular weight is 111 g/mol. The van der Waals surface area contributed by atoms with Crippen LogP contribution in [0.25, 0.3) is 0 Å². The highest BCUT2D eigenvalue weighted by Gasteiger charge is 1.96. The van der Waals surface area contributed by atoms with Gasteiger partial charge >= 0.3 is 0 Å². The third-order valence-corrected chi connectivity index (χ3v) is 1.50. The van der Waals surface area contributed by atoms with E-state index in [2.05, 4.69) is 34.6 Å². The molecule has 0 saturated carbocycles. The van der Waals surface area contributed by atoms with Crippen molar-refractivity contribution in [2.75, 3.05) is 0 Å². The second-order valence-electron chi connectivity index (χ2n) is 2.62. The van der Waals surface area contributed by atoms with Gasteiger partial charge in [0.1, 0.15) is 0 Å². The molecule has 0 aromatic heterocycles. The van der Waals surface area contributed by atoms with Crippen LogP contribution in [0.4, 0.5) is 0 Å². The highest BCUT2D eigenvalue weighted by molar-refractivity contribution is 5.22. The highest BCUT2D eigenvalue weighted by atomic mass is 14.0. The van der Waals surface area contributed by atoms with E-state index >= 15 is 0 Å². The van der Waals surface area contributed by atoms with Crippen molar-refractivity contribution in [1.29, 1.82) is 0 Å². The minimum atomic E-state index is 1.42. The summed E-state index contributed by atoms with van der Waals surface area (Å²) >= 11 is 0. The summed E-state index contributed by atoms with van der Waals surface area (Å²) in [6.45, 7) is 10.7. The molecule has 47 valence electrons. The van der Waals surface area contributed by atoms with E-state index in [0.29, 0.717) is 0 Å². The Hall–Kier alpha value is -0.260. The van der Waals surface area contributed by atoms with Gasteiger partial charge in [-0.2, -0.15) is 0 Å². The molecule has 0 N–H and O–H groups in total. The molecule has 0 saturated heterocycles. The lowest BCUT2D eigenvalue weighted by molar-refractivity contribution is 1.07. The third kappa shape index (κ3) is 2.15. The van der Waals surface area contributed by atoms with Crippen LogP contribution in [0.2, 0.25) is 0 Å². The Morgan fingerprint density at radius 1 is 0.750 bits per heavy atom. The Morgan fingerprint density at radius 2 is 1.12 bits per heavy atom. The summed E-state index contributed by atoms with van der Waals surface area (Å²) in [5, 5.41) is 0. The van der Waals surface area contributed by atoms with Crippen molar-refractivity contribution in [3.63, 3.8) is 0 Å². The Balaban J connectivity index is 4.00. The van der Waals surface area contributed by atoms with Gasteiger partial charge < -0.3 is 0 Å². The van der Waals surface area contributed by atoms with Gasteiger partial charge in [-0.15, -0.1) is 0 Å². The number of hydrogen-bond acceptors (Lipinski definition) is 0. The molecule has 0 aromatic rings. The van der Waals surface area contributed by atoms with Crippen LogP contribution in [0.5, 0.6) is 0 Å². The van der Waals surface area contributed by atoms with E-state index in [1.165, 1.54) is 17.1 Å². The van der Waals surface area contributed by atoms with Crippen LogP contribution in [0.1, 0.15) is 34.6 Å². The zero-order valence-corrected chi connectivity index (χ0v) is 6.50. The molecule has 0 rings (SSSR count). The van der Waals surface area contributed by atoms with Crippen LogP contribution >= 0.6 is 0 Å². The van der Waals surface area contributed by atoms with Gasteiger partial charge in [0.05, 0.1) is 0 Å². The minimum absolute atomic E-state index is 1.42. The quantitative estimate of drug-likeness (QED) is 0.488.